The molecule has 3 N–H and O–H groups in total. The van der Waals surface area contributed by atoms with Crippen LogP contribution in [0.5, 0.6) is 0 Å². The van der Waals surface area contributed by atoms with Crippen LogP contribution in [0, 0.1) is 0 Å². The summed E-state index contributed by atoms with van der Waals surface area (Å²) in [5.74, 6) is 1.26. The van der Waals surface area contributed by atoms with Crippen molar-refractivity contribution in [1.29, 1.82) is 0 Å². The Morgan fingerprint density at radius 3 is 2.50 bits per heavy atom. The van der Waals surface area contributed by atoms with E-state index >= 15 is 0 Å². The maximum atomic E-state index is 6.27. The predicted molar refractivity (Wildman–Crippen MR) is 176 cm³/mol. The van der Waals surface area contributed by atoms with Crippen molar-refractivity contribution in [3.63, 3.8) is 0 Å². The number of likely N-dealkylation sites (N-methyl/N-ethyl adjacent to an activating group) is 1. The molecule has 228 valence electrons. The van der Waals surface area contributed by atoms with Gasteiger partial charge in [0.05, 0.1) is 5.69 Å². The van der Waals surface area contributed by atoms with Gasteiger partial charge >= 0.3 is 0 Å². The number of piperazine rings is 1. The first-order chi connectivity index (χ1) is 21.6. The summed E-state index contributed by atoms with van der Waals surface area (Å²) in [5, 5.41) is 16.9. The second-order valence-electron chi connectivity index (χ2n) is 12.3. The first-order valence-corrected chi connectivity index (χ1v) is 16.0. The molecule has 10 nitrogen and oxygen atoms in total. The van der Waals surface area contributed by atoms with Crippen LogP contribution < -0.4 is 11.1 Å². The van der Waals surface area contributed by atoms with Crippen LogP contribution in [-0.4, -0.2) is 98.6 Å². The minimum Gasteiger partial charge on any atom is -0.368 e. The number of likely N-dealkylation sites (tertiary alicyclic amines) is 1. The lowest BCUT2D eigenvalue weighted by atomic mass is 10.0. The number of rotatable bonds is 7. The zero-order valence-corrected chi connectivity index (χ0v) is 25.6. The Hall–Kier alpha value is -4.12. The maximum Gasteiger partial charge on any atom is 0.248 e. The fraction of sp³-hybridized carbons (Fsp3) is 0.412. The molecule has 0 atom stereocenters. The smallest absolute Gasteiger partial charge is 0.248 e. The second-order valence-corrected chi connectivity index (χ2v) is 12.3. The van der Waals surface area contributed by atoms with Crippen molar-refractivity contribution in [1.82, 2.24) is 39.7 Å². The Bertz CT molecular complexity index is 1590. The molecule has 2 saturated heterocycles. The molecule has 0 saturated carbocycles. The number of nitrogens with zero attached hydrogens (tertiary/aromatic N) is 8. The third-order valence-corrected chi connectivity index (χ3v) is 9.33. The van der Waals surface area contributed by atoms with Gasteiger partial charge in [0, 0.05) is 50.0 Å². The molecule has 0 bridgehead atoms. The molecule has 0 amide bonds. The number of hydrogen-bond donors (Lipinski definition) is 2. The number of nitrogens with one attached hydrogen (secondary N) is 1. The SMILES string of the molecule is CN1CCN(C2CCN(CC=Cc3ccc(Nc4nc(N)n(-c5cc6c(nn5)-c5ccccc5CCC6)n4)cc3)CC2)CC1. The molecule has 2 aromatic heterocycles. The Labute approximate surface area is 259 Å². The van der Waals surface area contributed by atoms with Crippen LogP contribution >= 0.6 is 0 Å². The summed E-state index contributed by atoms with van der Waals surface area (Å²) in [6, 6.07) is 19.5. The van der Waals surface area contributed by atoms with E-state index in [1.54, 1.807) is 4.68 Å². The third kappa shape index (κ3) is 6.38. The fourth-order valence-electron chi connectivity index (χ4n) is 6.72. The summed E-state index contributed by atoms with van der Waals surface area (Å²) < 4.78 is 1.55. The monoisotopic (exact) mass is 590 g/mol. The van der Waals surface area contributed by atoms with E-state index in [0.29, 0.717) is 11.8 Å². The number of aryl methyl sites for hydroxylation is 2. The molecule has 1 aliphatic carbocycles. The van der Waals surface area contributed by atoms with Crippen LogP contribution in [-0.2, 0) is 12.8 Å². The Morgan fingerprint density at radius 2 is 1.68 bits per heavy atom. The molecule has 7 rings (SSSR count). The summed E-state index contributed by atoms with van der Waals surface area (Å²) in [7, 11) is 2.23. The zero-order chi connectivity index (χ0) is 29.9. The topological polar surface area (TPSA) is 104 Å². The maximum absolute atomic E-state index is 6.27. The van der Waals surface area contributed by atoms with Crippen molar-refractivity contribution in [2.45, 2.75) is 38.1 Å². The molecule has 4 heterocycles. The van der Waals surface area contributed by atoms with Crippen molar-refractivity contribution in [2.24, 2.45) is 0 Å². The van der Waals surface area contributed by atoms with E-state index in [2.05, 4.69) is 95.9 Å². The molecule has 3 aliphatic rings. The van der Waals surface area contributed by atoms with Gasteiger partial charge in [-0.2, -0.15) is 9.67 Å². The Kier molecular flexibility index (Phi) is 8.37. The van der Waals surface area contributed by atoms with Crippen molar-refractivity contribution in [2.75, 3.05) is 63.9 Å². The zero-order valence-electron chi connectivity index (χ0n) is 25.6. The number of fused-ring (bicyclic) bond motifs is 3. The molecular weight excluding hydrogens is 548 g/mol. The van der Waals surface area contributed by atoms with E-state index in [1.807, 2.05) is 18.2 Å². The Morgan fingerprint density at radius 1 is 0.909 bits per heavy atom. The lowest BCUT2D eigenvalue weighted by Crippen LogP contribution is -2.52. The van der Waals surface area contributed by atoms with Crippen molar-refractivity contribution in [3.05, 3.63) is 77.4 Å². The molecule has 2 fully saturated rings. The second kappa shape index (κ2) is 12.9. The summed E-state index contributed by atoms with van der Waals surface area (Å²) in [5.41, 5.74) is 12.9. The number of hydrogen-bond acceptors (Lipinski definition) is 9. The van der Waals surface area contributed by atoms with E-state index in [9.17, 15) is 0 Å². The van der Waals surface area contributed by atoms with Crippen molar-refractivity contribution >= 4 is 23.7 Å². The molecule has 0 spiro atoms. The number of nitrogen functional groups attached to an aromatic ring is 1. The number of nitrogens with two attached hydrogens (primary N) is 1. The normalized spacial score (nSPS) is 18.7. The number of aromatic nitrogens is 5. The van der Waals surface area contributed by atoms with Crippen LogP contribution in [0.2, 0.25) is 0 Å². The molecular formula is C34H42N10. The summed E-state index contributed by atoms with van der Waals surface area (Å²) in [6.07, 6.45) is 10.1. The quantitative estimate of drug-likeness (QED) is 0.327. The molecule has 44 heavy (non-hydrogen) atoms. The van der Waals surface area contributed by atoms with Gasteiger partial charge in [-0.3, -0.25) is 9.80 Å². The van der Waals surface area contributed by atoms with Gasteiger partial charge in [0.1, 0.15) is 0 Å². The minimum atomic E-state index is 0.267. The largest absolute Gasteiger partial charge is 0.368 e. The average molecular weight is 591 g/mol. The van der Waals surface area contributed by atoms with Crippen LogP contribution in [0.15, 0.2) is 60.7 Å². The highest BCUT2D eigenvalue weighted by Crippen LogP contribution is 2.31. The lowest BCUT2D eigenvalue weighted by molar-refractivity contribution is 0.0709. The van der Waals surface area contributed by atoms with Crippen molar-refractivity contribution in [3.8, 4) is 17.1 Å². The van der Waals surface area contributed by atoms with Gasteiger partial charge in [-0.1, -0.05) is 48.6 Å². The molecule has 2 aromatic carbocycles. The van der Waals surface area contributed by atoms with Gasteiger partial charge in [-0.15, -0.1) is 15.3 Å². The fourth-order valence-corrected chi connectivity index (χ4v) is 6.72. The first kappa shape index (κ1) is 28.6. The molecule has 2 aliphatic heterocycles. The van der Waals surface area contributed by atoms with E-state index in [-0.39, 0.29) is 5.95 Å². The van der Waals surface area contributed by atoms with Gasteiger partial charge in [0.15, 0.2) is 5.82 Å². The highest BCUT2D eigenvalue weighted by molar-refractivity contribution is 5.68. The average Bonchev–Trinajstić information content (AvgIpc) is 3.31. The minimum absolute atomic E-state index is 0.267. The standard InChI is InChI=1S/C34H42N10/c1-41-20-22-43(23-21-41)29-15-18-42(19-16-29)17-5-6-25-11-13-28(14-12-25)36-34-37-33(35)44(40-34)31-24-27-9-4-8-26-7-2-3-10-30(26)32(27)39-38-31/h2-3,5-7,10-14,24,29H,4,8-9,15-23H2,1H3,(H3,35,36,37,40). The van der Waals surface area contributed by atoms with Crippen LogP contribution in [0.1, 0.15) is 36.0 Å². The highest BCUT2D eigenvalue weighted by atomic mass is 15.4. The number of piperidine rings is 1. The van der Waals surface area contributed by atoms with Crippen LogP contribution in [0.4, 0.5) is 17.6 Å². The van der Waals surface area contributed by atoms with Crippen LogP contribution in [0.25, 0.3) is 23.2 Å². The summed E-state index contributed by atoms with van der Waals surface area (Å²) >= 11 is 0. The molecule has 0 radical (unpaired) electrons. The van der Waals surface area contributed by atoms with E-state index in [4.69, 9.17) is 5.73 Å². The van der Waals surface area contributed by atoms with E-state index < -0.39 is 0 Å². The number of anilines is 3. The first-order valence-electron chi connectivity index (χ1n) is 16.0. The third-order valence-electron chi connectivity index (χ3n) is 9.33. The van der Waals surface area contributed by atoms with E-state index in [0.717, 1.165) is 54.4 Å². The lowest BCUT2D eigenvalue weighted by Gasteiger charge is -2.41. The predicted octanol–water partition coefficient (Wildman–Crippen LogP) is 4.26. The Balaban J connectivity index is 0.936. The van der Waals surface area contributed by atoms with Gasteiger partial charge in [0.25, 0.3) is 0 Å². The van der Waals surface area contributed by atoms with Gasteiger partial charge in [-0.05, 0) is 87.1 Å². The highest BCUT2D eigenvalue weighted by Gasteiger charge is 2.26. The molecule has 10 heteroatoms. The van der Waals surface area contributed by atoms with Crippen molar-refractivity contribution < 1.29 is 0 Å². The van der Waals surface area contributed by atoms with Gasteiger partial charge in [-0.25, -0.2) is 0 Å². The summed E-state index contributed by atoms with van der Waals surface area (Å²) in [4.78, 5) is 12.1. The van der Waals surface area contributed by atoms with Gasteiger partial charge < -0.3 is 16.0 Å². The van der Waals surface area contributed by atoms with Gasteiger partial charge in [0.2, 0.25) is 11.9 Å². The van der Waals surface area contributed by atoms with Crippen LogP contribution in [0.3, 0.4) is 0 Å². The molecule has 4 aromatic rings. The summed E-state index contributed by atoms with van der Waals surface area (Å²) in [6.45, 7) is 8.19. The number of benzene rings is 2. The van der Waals surface area contributed by atoms with E-state index in [1.165, 1.54) is 63.2 Å². The molecule has 0 unspecified atom stereocenters.